The summed E-state index contributed by atoms with van der Waals surface area (Å²) < 4.78 is 3.58. The molecule has 11 heteroatoms. The van der Waals surface area contributed by atoms with Gasteiger partial charge in [0.05, 0.1) is 34.5 Å². The van der Waals surface area contributed by atoms with Gasteiger partial charge in [-0.15, -0.1) is 0 Å². The first-order valence-corrected chi connectivity index (χ1v) is 12.7. The Balaban J connectivity index is 1.56. The van der Waals surface area contributed by atoms with Crippen molar-refractivity contribution in [2.75, 3.05) is 5.32 Å². The number of aromatic hydroxyl groups is 1. The molecule has 0 unspecified atom stereocenters. The normalized spacial score (nSPS) is 14.9. The minimum Gasteiger partial charge on any atom is -0.499 e. The van der Waals surface area contributed by atoms with Crippen LogP contribution in [0.4, 0.5) is 11.4 Å². The molecule has 3 N–H and O–H groups in total. The Morgan fingerprint density at radius 3 is 2.53 bits per heavy atom. The van der Waals surface area contributed by atoms with Crippen LogP contribution >= 0.6 is 11.3 Å². The third kappa shape index (κ3) is 4.22. The molecule has 2 aromatic carbocycles. The first-order valence-electron chi connectivity index (χ1n) is 11.9. The van der Waals surface area contributed by atoms with Gasteiger partial charge in [-0.3, -0.25) is 24.2 Å². The number of aromatic nitrogens is 5. The molecular formula is C27H23N7O3S. The Labute approximate surface area is 220 Å². The first-order chi connectivity index (χ1) is 18.4. The molecule has 38 heavy (non-hydrogen) atoms. The van der Waals surface area contributed by atoms with E-state index >= 15 is 0 Å². The number of hydrogen-bond donors (Lipinski definition) is 3. The van der Waals surface area contributed by atoms with E-state index in [1.54, 1.807) is 4.68 Å². The summed E-state index contributed by atoms with van der Waals surface area (Å²) in [6.07, 6.45) is 4.15. The van der Waals surface area contributed by atoms with E-state index in [0.29, 0.717) is 22.7 Å². The van der Waals surface area contributed by atoms with Crippen molar-refractivity contribution in [2.45, 2.75) is 19.4 Å². The molecule has 0 saturated heterocycles. The van der Waals surface area contributed by atoms with E-state index in [4.69, 9.17) is 10.1 Å². The zero-order valence-electron chi connectivity index (χ0n) is 20.5. The van der Waals surface area contributed by atoms with Gasteiger partial charge in [-0.05, 0) is 42.5 Å². The second-order valence-electron chi connectivity index (χ2n) is 9.02. The molecule has 0 spiro atoms. The third-order valence-corrected chi connectivity index (χ3v) is 7.11. The van der Waals surface area contributed by atoms with Gasteiger partial charge in [0.25, 0.3) is 5.56 Å². The Bertz CT molecular complexity index is 1810. The fourth-order valence-electron chi connectivity index (χ4n) is 4.73. The van der Waals surface area contributed by atoms with Gasteiger partial charge < -0.3 is 10.4 Å². The summed E-state index contributed by atoms with van der Waals surface area (Å²) in [5.41, 5.74) is 5.30. The number of anilines is 1. The van der Waals surface area contributed by atoms with Gasteiger partial charge in [0.15, 0.2) is 5.06 Å². The summed E-state index contributed by atoms with van der Waals surface area (Å²) in [6.45, 7) is 1.94. The molecule has 1 atom stereocenters. The van der Waals surface area contributed by atoms with Crippen LogP contribution in [0.5, 0.6) is 5.06 Å². The van der Waals surface area contributed by atoms with Crippen molar-refractivity contribution < 1.29 is 5.11 Å². The summed E-state index contributed by atoms with van der Waals surface area (Å²) >= 11 is 0.574. The molecule has 1 aliphatic heterocycles. The van der Waals surface area contributed by atoms with E-state index in [1.165, 1.54) is 0 Å². The van der Waals surface area contributed by atoms with Crippen molar-refractivity contribution in [3.8, 4) is 22.0 Å². The second-order valence-corrected chi connectivity index (χ2v) is 9.98. The predicted molar refractivity (Wildman–Crippen MR) is 147 cm³/mol. The zero-order valence-corrected chi connectivity index (χ0v) is 21.4. The second kappa shape index (κ2) is 9.27. The van der Waals surface area contributed by atoms with Crippen LogP contribution in [0.3, 0.4) is 0 Å². The Hall–Kier alpha value is -4.77. The van der Waals surface area contributed by atoms with Gasteiger partial charge in [-0.25, -0.2) is 4.68 Å². The van der Waals surface area contributed by atoms with E-state index in [9.17, 15) is 14.7 Å². The Kier molecular flexibility index (Phi) is 5.76. The van der Waals surface area contributed by atoms with Gasteiger partial charge in [0.1, 0.15) is 11.3 Å². The number of aromatic amines is 1. The number of para-hydroxylation sites is 3. The van der Waals surface area contributed by atoms with Crippen LogP contribution in [0, 0.1) is 6.92 Å². The lowest BCUT2D eigenvalue weighted by Crippen LogP contribution is -2.25. The summed E-state index contributed by atoms with van der Waals surface area (Å²) in [7, 11) is 1.87. The lowest BCUT2D eigenvalue weighted by Gasteiger charge is -2.19. The van der Waals surface area contributed by atoms with E-state index in [2.05, 4.69) is 15.4 Å². The van der Waals surface area contributed by atoms with Crippen molar-refractivity contribution in [1.82, 2.24) is 24.5 Å². The summed E-state index contributed by atoms with van der Waals surface area (Å²) in [6, 6.07) is 16.9. The lowest BCUT2D eigenvalue weighted by molar-refractivity contribution is 0.487. The van der Waals surface area contributed by atoms with Crippen LogP contribution in [0.15, 0.2) is 81.6 Å². The van der Waals surface area contributed by atoms with Crippen LogP contribution < -0.4 is 15.7 Å². The molecular weight excluding hydrogens is 502 g/mol. The summed E-state index contributed by atoms with van der Waals surface area (Å²) in [5.74, 6) is 0. The molecule has 4 heterocycles. The topological polar surface area (TPSA) is 130 Å². The van der Waals surface area contributed by atoms with Crippen molar-refractivity contribution >= 4 is 28.4 Å². The van der Waals surface area contributed by atoms with Crippen LogP contribution in [0.25, 0.3) is 16.9 Å². The van der Waals surface area contributed by atoms with Crippen molar-refractivity contribution in [3.63, 3.8) is 0 Å². The van der Waals surface area contributed by atoms with E-state index in [0.717, 1.165) is 33.9 Å². The quantitative estimate of drug-likeness (QED) is 0.324. The van der Waals surface area contributed by atoms with Gasteiger partial charge in [-0.1, -0.05) is 30.3 Å². The standard InChI is InChI=1S/C27H23N7O3S/c1-15-17(13-33(2)31-15)24-18(14-34(32-24)16-8-4-3-5-9-16)21-12-22(23-25(35)30-27(37)38-26(23)36)29-20-11-7-6-10-19(20)28-21/h3-11,13-14,21,28,36H,12H2,1-2H3,(H,30,35,37)/t21-/m1/s1. The van der Waals surface area contributed by atoms with Gasteiger partial charge in [0.2, 0.25) is 0 Å². The maximum Gasteiger partial charge on any atom is 0.310 e. The molecule has 0 amide bonds. The number of benzene rings is 2. The Morgan fingerprint density at radius 2 is 1.79 bits per heavy atom. The molecule has 6 rings (SSSR count). The maximum absolute atomic E-state index is 12.8. The van der Waals surface area contributed by atoms with Crippen LogP contribution in [0.2, 0.25) is 0 Å². The molecule has 0 saturated carbocycles. The highest BCUT2D eigenvalue weighted by atomic mass is 32.1. The molecule has 1 aliphatic rings. The molecule has 3 aromatic heterocycles. The minimum absolute atomic E-state index is 0.00679. The number of rotatable bonds is 4. The number of nitrogens with one attached hydrogen (secondary N) is 2. The number of fused-ring (bicyclic) bond motifs is 1. The lowest BCUT2D eigenvalue weighted by atomic mass is 9.96. The highest BCUT2D eigenvalue weighted by molar-refractivity contribution is 7.11. The smallest absolute Gasteiger partial charge is 0.310 e. The number of hydrogen-bond acceptors (Lipinski definition) is 8. The number of aliphatic imine (C=N–C) groups is 1. The van der Waals surface area contributed by atoms with E-state index in [1.807, 2.05) is 85.6 Å². The monoisotopic (exact) mass is 525 g/mol. The van der Waals surface area contributed by atoms with Gasteiger partial charge in [0, 0.05) is 37.0 Å². The number of aryl methyl sites for hydroxylation is 2. The molecule has 0 aliphatic carbocycles. The zero-order chi connectivity index (χ0) is 26.4. The average Bonchev–Trinajstić information content (AvgIpc) is 3.41. The third-order valence-electron chi connectivity index (χ3n) is 6.43. The first kappa shape index (κ1) is 23.6. The molecule has 0 radical (unpaired) electrons. The SMILES string of the molecule is Cc1nn(C)cc1-c1nn(-c2ccccc2)cc1[C@H]1CC(c2c(O)sc(=O)[nH]c2=O)=Nc2ccccc2N1. The fourth-order valence-corrected chi connectivity index (χ4v) is 5.36. The number of H-pyrrole nitrogens is 1. The molecule has 0 bridgehead atoms. The molecule has 0 fully saturated rings. The van der Waals surface area contributed by atoms with Crippen molar-refractivity contribution in [1.29, 1.82) is 0 Å². The Morgan fingerprint density at radius 1 is 1.03 bits per heavy atom. The molecule has 10 nitrogen and oxygen atoms in total. The van der Waals surface area contributed by atoms with Crippen LogP contribution in [-0.2, 0) is 7.05 Å². The van der Waals surface area contributed by atoms with Crippen molar-refractivity contribution in [3.05, 3.63) is 104 Å². The average molecular weight is 526 g/mol. The predicted octanol–water partition coefficient (Wildman–Crippen LogP) is 4.07. The highest BCUT2D eigenvalue weighted by Gasteiger charge is 2.29. The van der Waals surface area contributed by atoms with Crippen molar-refractivity contribution in [2.24, 2.45) is 12.0 Å². The summed E-state index contributed by atoms with van der Waals surface area (Å²) in [4.78, 5) is 31.0. The van der Waals surface area contributed by atoms with E-state index in [-0.39, 0.29) is 23.1 Å². The highest BCUT2D eigenvalue weighted by Crippen LogP contribution is 2.39. The van der Waals surface area contributed by atoms with Gasteiger partial charge in [-0.2, -0.15) is 10.2 Å². The number of nitrogens with zero attached hydrogens (tertiary/aromatic N) is 5. The van der Waals surface area contributed by atoms with Gasteiger partial charge >= 0.3 is 4.87 Å². The summed E-state index contributed by atoms with van der Waals surface area (Å²) in [5, 5.41) is 23.3. The van der Waals surface area contributed by atoms with Crippen LogP contribution in [-0.4, -0.2) is 35.4 Å². The van der Waals surface area contributed by atoms with Crippen LogP contribution in [0.1, 0.15) is 29.3 Å². The van der Waals surface area contributed by atoms with E-state index < -0.39 is 10.4 Å². The molecule has 190 valence electrons. The minimum atomic E-state index is -0.675. The fraction of sp³-hybridized carbons (Fsp3) is 0.148. The maximum atomic E-state index is 12.8. The largest absolute Gasteiger partial charge is 0.499 e. The molecule has 5 aromatic rings.